The summed E-state index contributed by atoms with van der Waals surface area (Å²) >= 11 is 0. The number of benzene rings is 1. The number of hydrogen-bond acceptors (Lipinski definition) is 3. The number of carboxylic acid groups (broad SMARTS) is 1. The van der Waals surface area contributed by atoms with Gasteiger partial charge in [0.2, 0.25) is 5.91 Å². The molecule has 1 fully saturated rings. The van der Waals surface area contributed by atoms with Crippen LogP contribution in [0, 0.1) is 5.92 Å². The molecule has 0 aliphatic carbocycles. The minimum atomic E-state index is -1.02. The lowest BCUT2D eigenvalue weighted by Gasteiger charge is -2.36. The van der Waals surface area contributed by atoms with Crippen molar-refractivity contribution in [2.24, 2.45) is 5.92 Å². The number of hydrogen-bond donors (Lipinski definition) is 1. The van der Waals surface area contributed by atoms with E-state index in [1.165, 1.54) is 0 Å². The summed E-state index contributed by atoms with van der Waals surface area (Å²) in [7, 11) is 0. The fourth-order valence-corrected chi connectivity index (χ4v) is 3.05. The lowest BCUT2D eigenvalue weighted by atomic mass is 9.85. The van der Waals surface area contributed by atoms with E-state index in [0.29, 0.717) is 18.9 Å². The van der Waals surface area contributed by atoms with E-state index < -0.39 is 12.1 Å². The largest absolute Gasteiger partial charge is 0.479 e. The van der Waals surface area contributed by atoms with Crippen molar-refractivity contribution in [3.63, 3.8) is 0 Å². The second-order valence-corrected chi connectivity index (χ2v) is 6.54. The molecule has 0 bridgehead atoms. The molecule has 23 heavy (non-hydrogen) atoms. The molecule has 2 unspecified atom stereocenters. The molecule has 1 aromatic rings. The van der Waals surface area contributed by atoms with Crippen LogP contribution in [0.15, 0.2) is 30.3 Å². The summed E-state index contributed by atoms with van der Waals surface area (Å²) in [6.07, 6.45) is -0.805. The second-order valence-electron chi connectivity index (χ2n) is 6.54. The van der Waals surface area contributed by atoms with E-state index in [0.717, 1.165) is 5.56 Å². The highest BCUT2D eigenvalue weighted by molar-refractivity contribution is 5.79. The van der Waals surface area contributed by atoms with E-state index in [9.17, 15) is 9.59 Å². The van der Waals surface area contributed by atoms with Crippen LogP contribution in [0.1, 0.15) is 38.7 Å². The van der Waals surface area contributed by atoms with Gasteiger partial charge in [0.25, 0.3) is 0 Å². The maximum Gasteiger partial charge on any atom is 0.334 e. The van der Waals surface area contributed by atoms with Crippen LogP contribution >= 0.6 is 0 Å². The van der Waals surface area contributed by atoms with Gasteiger partial charge in [-0.1, -0.05) is 44.2 Å². The van der Waals surface area contributed by atoms with E-state index in [4.69, 9.17) is 9.84 Å². The Hall–Kier alpha value is -1.88. The molecule has 0 saturated carbocycles. The summed E-state index contributed by atoms with van der Waals surface area (Å²) in [5, 5.41) is 9.14. The average molecular weight is 319 g/mol. The Kier molecular flexibility index (Phi) is 5.77. The number of morpholine rings is 1. The Morgan fingerprint density at radius 3 is 2.48 bits per heavy atom. The van der Waals surface area contributed by atoms with Gasteiger partial charge in [-0.25, -0.2) is 4.79 Å². The lowest BCUT2D eigenvalue weighted by Crippen LogP contribution is -2.52. The topological polar surface area (TPSA) is 66.8 Å². The van der Waals surface area contributed by atoms with Crippen molar-refractivity contribution < 1.29 is 19.4 Å². The number of carbonyl (C=O) groups excluding carboxylic acids is 1. The van der Waals surface area contributed by atoms with Crippen molar-refractivity contribution in [1.82, 2.24) is 4.90 Å². The molecule has 1 saturated heterocycles. The molecule has 5 heteroatoms. The number of carboxylic acids is 1. The highest BCUT2D eigenvalue weighted by Gasteiger charge is 2.33. The van der Waals surface area contributed by atoms with Crippen molar-refractivity contribution in [2.75, 3.05) is 13.1 Å². The highest BCUT2D eigenvalue weighted by Crippen LogP contribution is 2.29. The molecular weight excluding hydrogens is 294 g/mol. The first kappa shape index (κ1) is 17.5. The Morgan fingerprint density at radius 2 is 1.91 bits per heavy atom. The van der Waals surface area contributed by atoms with Crippen LogP contribution in [-0.2, 0) is 14.3 Å². The molecule has 3 atom stereocenters. The summed E-state index contributed by atoms with van der Waals surface area (Å²) in [5.74, 6) is -0.563. The van der Waals surface area contributed by atoms with E-state index in [-0.39, 0.29) is 24.5 Å². The molecule has 0 spiro atoms. The number of rotatable bonds is 5. The fourth-order valence-electron chi connectivity index (χ4n) is 3.05. The smallest absolute Gasteiger partial charge is 0.334 e. The molecule has 2 rings (SSSR count). The Morgan fingerprint density at radius 1 is 1.26 bits per heavy atom. The van der Waals surface area contributed by atoms with Crippen LogP contribution in [-0.4, -0.2) is 47.2 Å². The van der Waals surface area contributed by atoms with Gasteiger partial charge in [-0.3, -0.25) is 4.79 Å². The van der Waals surface area contributed by atoms with Gasteiger partial charge in [0.1, 0.15) is 0 Å². The molecule has 1 aliphatic heterocycles. The maximum absolute atomic E-state index is 12.7. The minimum absolute atomic E-state index is 0.00560. The lowest BCUT2D eigenvalue weighted by molar-refractivity contribution is -0.166. The molecule has 5 nitrogen and oxygen atoms in total. The van der Waals surface area contributed by atoms with Crippen LogP contribution in [0.5, 0.6) is 0 Å². The summed E-state index contributed by atoms with van der Waals surface area (Å²) in [6, 6.07) is 10.0. The third-order valence-electron chi connectivity index (χ3n) is 4.32. The molecular formula is C18H25NO4. The van der Waals surface area contributed by atoms with Crippen LogP contribution < -0.4 is 0 Å². The highest BCUT2D eigenvalue weighted by atomic mass is 16.5. The van der Waals surface area contributed by atoms with Gasteiger partial charge in [0, 0.05) is 13.0 Å². The van der Waals surface area contributed by atoms with Crippen LogP contribution in [0.25, 0.3) is 0 Å². The Balaban J connectivity index is 2.08. The van der Waals surface area contributed by atoms with Crippen molar-refractivity contribution >= 4 is 11.9 Å². The van der Waals surface area contributed by atoms with E-state index in [1.54, 1.807) is 11.8 Å². The Bertz CT molecular complexity index is 543. The molecule has 0 radical (unpaired) electrons. The number of ether oxygens (including phenoxy) is 1. The quantitative estimate of drug-likeness (QED) is 0.905. The number of carbonyl (C=O) groups is 2. The standard InChI is InChI=1S/C18H25NO4/c1-12(2)15(14-7-5-4-6-8-14)9-17(20)19-10-13(3)23-16(11-19)18(21)22/h4-8,12-13,15-16H,9-11H2,1-3H3,(H,21,22)/t13-,15?,16?/m1/s1. The van der Waals surface area contributed by atoms with E-state index in [1.807, 2.05) is 30.3 Å². The zero-order valence-electron chi connectivity index (χ0n) is 13.9. The molecule has 1 aromatic carbocycles. The molecule has 0 aromatic heterocycles. The number of aliphatic carboxylic acids is 1. The minimum Gasteiger partial charge on any atom is -0.479 e. The predicted molar refractivity (Wildman–Crippen MR) is 87.2 cm³/mol. The average Bonchev–Trinajstić information content (AvgIpc) is 2.52. The SMILES string of the molecule is CC(C)C(CC(=O)N1CC(C(=O)O)O[C@H](C)C1)c1ccccc1. The van der Waals surface area contributed by atoms with Crippen LogP contribution in [0.4, 0.5) is 0 Å². The second kappa shape index (κ2) is 7.59. The first-order chi connectivity index (χ1) is 10.9. The molecule has 1 N–H and O–H groups in total. The fraction of sp³-hybridized carbons (Fsp3) is 0.556. The van der Waals surface area contributed by atoms with Gasteiger partial charge >= 0.3 is 5.97 Å². The van der Waals surface area contributed by atoms with Gasteiger partial charge in [-0.2, -0.15) is 0 Å². The van der Waals surface area contributed by atoms with Gasteiger partial charge in [-0.15, -0.1) is 0 Å². The molecule has 126 valence electrons. The van der Waals surface area contributed by atoms with Crippen molar-refractivity contribution in [2.45, 2.75) is 45.3 Å². The van der Waals surface area contributed by atoms with E-state index >= 15 is 0 Å². The normalized spacial score (nSPS) is 22.9. The number of amides is 1. The van der Waals surface area contributed by atoms with Gasteiger partial charge in [0.15, 0.2) is 6.10 Å². The van der Waals surface area contributed by atoms with Crippen molar-refractivity contribution in [1.29, 1.82) is 0 Å². The summed E-state index contributed by atoms with van der Waals surface area (Å²) in [5.41, 5.74) is 1.15. The summed E-state index contributed by atoms with van der Waals surface area (Å²) in [6.45, 7) is 6.58. The Labute approximate surface area is 137 Å². The van der Waals surface area contributed by atoms with Gasteiger partial charge in [0.05, 0.1) is 12.6 Å². The first-order valence-corrected chi connectivity index (χ1v) is 8.09. The van der Waals surface area contributed by atoms with Crippen molar-refractivity contribution in [3.05, 3.63) is 35.9 Å². The van der Waals surface area contributed by atoms with Crippen molar-refractivity contribution in [3.8, 4) is 0 Å². The van der Waals surface area contributed by atoms with Crippen LogP contribution in [0.2, 0.25) is 0 Å². The first-order valence-electron chi connectivity index (χ1n) is 8.09. The summed E-state index contributed by atoms with van der Waals surface area (Å²) in [4.78, 5) is 25.5. The third-order valence-corrected chi connectivity index (χ3v) is 4.32. The monoisotopic (exact) mass is 319 g/mol. The molecule has 1 amide bonds. The van der Waals surface area contributed by atoms with Crippen LogP contribution in [0.3, 0.4) is 0 Å². The molecule has 1 aliphatic rings. The third kappa shape index (κ3) is 4.55. The predicted octanol–water partition coefficient (Wildman–Crippen LogP) is 2.52. The van der Waals surface area contributed by atoms with Gasteiger partial charge < -0.3 is 14.7 Å². The van der Waals surface area contributed by atoms with E-state index in [2.05, 4.69) is 13.8 Å². The molecule has 1 heterocycles. The number of nitrogens with zero attached hydrogens (tertiary/aromatic N) is 1. The van der Waals surface area contributed by atoms with Gasteiger partial charge in [-0.05, 0) is 24.3 Å². The zero-order valence-corrected chi connectivity index (χ0v) is 13.9. The zero-order chi connectivity index (χ0) is 17.0. The maximum atomic E-state index is 12.7. The summed E-state index contributed by atoms with van der Waals surface area (Å²) < 4.78 is 5.37.